The Hall–Kier alpha value is -2.67. The third-order valence-electron chi connectivity index (χ3n) is 3.28. The number of ether oxygens (including phenoxy) is 1. The molecule has 0 atom stereocenters. The minimum absolute atomic E-state index is 0.277. The van der Waals surface area contributed by atoms with Crippen LogP contribution in [0.1, 0.15) is 16.3 Å². The highest BCUT2D eigenvalue weighted by Crippen LogP contribution is 2.16. The molecule has 1 heterocycles. The predicted molar refractivity (Wildman–Crippen MR) is 94.8 cm³/mol. The average molecular weight is 329 g/mol. The zero-order chi connectivity index (χ0) is 17.5. The van der Waals surface area contributed by atoms with Gasteiger partial charge in [0.1, 0.15) is 23.1 Å². The summed E-state index contributed by atoms with van der Waals surface area (Å²) in [4.78, 5) is 23.0. The van der Waals surface area contributed by atoms with Crippen molar-refractivity contribution in [3.63, 3.8) is 0 Å². The number of hydrogen-bond acceptors (Lipinski definition) is 6. The van der Waals surface area contributed by atoms with E-state index in [1.807, 2.05) is 14.1 Å². The van der Waals surface area contributed by atoms with E-state index in [1.54, 1.807) is 44.4 Å². The molecular weight excluding hydrogens is 306 g/mol. The maximum Gasteiger partial charge on any atom is 0.274 e. The van der Waals surface area contributed by atoms with Gasteiger partial charge >= 0.3 is 0 Å². The first-order valence-corrected chi connectivity index (χ1v) is 7.67. The number of aromatic nitrogens is 2. The van der Waals surface area contributed by atoms with Crippen molar-refractivity contribution in [1.82, 2.24) is 14.9 Å². The molecular formula is C17H23N5O2. The fraction of sp³-hybridized carbons (Fsp3) is 0.353. The van der Waals surface area contributed by atoms with Crippen LogP contribution in [-0.2, 0) is 0 Å². The zero-order valence-electron chi connectivity index (χ0n) is 14.5. The lowest BCUT2D eigenvalue weighted by molar-refractivity contribution is 0.102. The van der Waals surface area contributed by atoms with Crippen LogP contribution in [0.5, 0.6) is 5.75 Å². The number of carbonyl (C=O) groups is 1. The Morgan fingerprint density at radius 2 is 1.92 bits per heavy atom. The van der Waals surface area contributed by atoms with E-state index < -0.39 is 0 Å². The summed E-state index contributed by atoms with van der Waals surface area (Å²) in [6, 6.07) is 8.79. The SMILES string of the molecule is COc1ccc(NC(=O)c2cc(NCCN(C)C)nc(C)n2)cc1. The van der Waals surface area contributed by atoms with Gasteiger partial charge in [-0.15, -0.1) is 0 Å². The molecule has 1 aromatic carbocycles. The molecule has 2 aromatic rings. The van der Waals surface area contributed by atoms with E-state index in [1.165, 1.54) is 0 Å². The van der Waals surface area contributed by atoms with Gasteiger partial charge in [-0.05, 0) is 45.3 Å². The van der Waals surface area contributed by atoms with E-state index in [-0.39, 0.29) is 5.91 Å². The summed E-state index contributed by atoms with van der Waals surface area (Å²) in [5, 5.41) is 6.02. The standard InChI is InChI=1S/C17H23N5O2/c1-12-19-15(11-16(20-12)18-9-10-22(2)3)17(23)21-13-5-7-14(24-4)8-6-13/h5-8,11H,9-10H2,1-4H3,(H,21,23)(H,18,19,20). The van der Waals surface area contributed by atoms with E-state index in [2.05, 4.69) is 25.5 Å². The van der Waals surface area contributed by atoms with Crippen molar-refractivity contribution < 1.29 is 9.53 Å². The highest BCUT2D eigenvalue weighted by Gasteiger charge is 2.11. The first-order valence-electron chi connectivity index (χ1n) is 7.67. The van der Waals surface area contributed by atoms with Crippen LogP contribution in [0.25, 0.3) is 0 Å². The Bertz CT molecular complexity index is 686. The van der Waals surface area contributed by atoms with Crippen molar-refractivity contribution in [3.8, 4) is 5.75 Å². The number of benzene rings is 1. The number of nitrogens with one attached hydrogen (secondary N) is 2. The van der Waals surface area contributed by atoms with Crippen LogP contribution in [0.3, 0.4) is 0 Å². The summed E-state index contributed by atoms with van der Waals surface area (Å²) in [6.07, 6.45) is 0. The first kappa shape index (κ1) is 17.7. The van der Waals surface area contributed by atoms with Crippen LogP contribution in [0.2, 0.25) is 0 Å². The van der Waals surface area contributed by atoms with E-state index >= 15 is 0 Å². The first-order chi connectivity index (χ1) is 11.5. The quantitative estimate of drug-likeness (QED) is 0.809. The van der Waals surface area contributed by atoms with Crippen molar-refractivity contribution >= 4 is 17.4 Å². The van der Waals surface area contributed by atoms with Gasteiger partial charge in [0.25, 0.3) is 5.91 Å². The highest BCUT2D eigenvalue weighted by atomic mass is 16.5. The maximum absolute atomic E-state index is 12.4. The molecule has 2 N–H and O–H groups in total. The monoisotopic (exact) mass is 329 g/mol. The molecule has 0 spiro atoms. The predicted octanol–water partition coefficient (Wildman–Crippen LogP) is 2.02. The molecule has 128 valence electrons. The number of nitrogens with zero attached hydrogens (tertiary/aromatic N) is 3. The third kappa shape index (κ3) is 5.20. The average Bonchev–Trinajstić information content (AvgIpc) is 2.54. The van der Waals surface area contributed by atoms with Crippen LogP contribution in [0.15, 0.2) is 30.3 Å². The molecule has 1 amide bonds. The minimum atomic E-state index is -0.277. The molecule has 0 unspecified atom stereocenters. The largest absolute Gasteiger partial charge is 0.497 e. The van der Waals surface area contributed by atoms with Gasteiger partial charge in [-0.25, -0.2) is 9.97 Å². The van der Waals surface area contributed by atoms with Crippen molar-refractivity contribution in [2.75, 3.05) is 44.9 Å². The maximum atomic E-state index is 12.4. The number of likely N-dealkylation sites (N-methyl/N-ethyl adjacent to an activating group) is 1. The van der Waals surface area contributed by atoms with Crippen molar-refractivity contribution in [2.24, 2.45) is 0 Å². The second kappa shape index (κ2) is 8.26. The number of methoxy groups -OCH3 is 1. The lowest BCUT2D eigenvalue weighted by Crippen LogP contribution is -2.22. The van der Waals surface area contributed by atoms with Gasteiger partial charge in [-0.1, -0.05) is 0 Å². The van der Waals surface area contributed by atoms with Gasteiger partial charge in [-0.2, -0.15) is 0 Å². The molecule has 0 radical (unpaired) electrons. The van der Waals surface area contributed by atoms with Crippen LogP contribution in [0, 0.1) is 6.92 Å². The topological polar surface area (TPSA) is 79.4 Å². The fourth-order valence-corrected chi connectivity index (χ4v) is 2.05. The summed E-state index contributed by atoms with van der Waals surface area (Å²) < 4.78 is 5.10. The third-order valence-corrected chi connectivity index (χ3v) is 3.28. The number of carbonyl (C=O) groups excluding carboxylic acids is 1. The van der Waals surface area contributed by atoms with Crippen LogP contribution >= 0.6 is 0 Å². The van der Waals surface area contributed by atoms with Crippen molar-refractivity contribution in [2.45, 2.75) is 6.92 Å². The normalized spacial score (nSPS) is 10.5. The van der Waals surface area contributed by atoms with Crippen molar-refractivity contribution in [1.29, 1.82) is 0 Å². The molecule has 0 aliphatic carbocycles. The van der Waals surface area contributed by atoms with Crippen LogP contribution in [-0.4, -0.2) is 55.1 Å². The lowest BCUT2D eigenvalue weighted by Gasteiger charge is -2.12. The van der Waals surface area contributed by atoms with E-state index in [0.29, 0.717) is 23.0 Å². The molecule has 0 saturated carbocycles. The van der Waals surface area contributed by atoms with Gasteiger partial charge in [0, 0.05) is 24.8 Å². The van der Waals surface area contributed by atoms with Gasteiger partial charge in [0.05, 0.1) is 7.11 Å². The zero-order valence-corrected chi connectivity index (χ0v) is 14.5. The second-order valence-corrected chi connectivity index (χ2v) is 5.60. The van der Waals surface area contributed by atoms with Gasteiger partial charge in [-0.3, -0.25) is 4.79 Å². The molecule has 0 aliphatic rings. The minimum Gasteiger partial charge on any atom is -0.497 e. The van der Waals surface area contributed by atoms with E-state index in [4.69, 9.17) is 4.74 Å². The highest BCUT2D eigenvalue weighted by molar-refractivity contribution is 6.03. The summed E-state index contributed by atoms with van der Waals surface area (Å²) >= 11 is 0. The molecule has 7 nitrogen and oxygen atoms in total. The fourth-order valence-electron chi connectivity index (χ4n) is 2.05. The molecule has 0 fully saturated rings. The molecule has 0 bridgehead atoms. The van der Waals surface area contributed by atoms with Gasteiger partial charge in [0.15, 0.2) is 0 Å². The summed E-state index contributed by atoms with van der Waals surface area (Å²) in [7, 11) is 5.60. The van der Waals surface area contributed by atoms with Gasteiger partial charge < -0.3 is 20.3 Å². The Morgan fingerprint density at radius 1 is 1.21 bits per heavy atom. The molecule has 2 rings (SSSR count). The van der Waals surface area contributed by atoms with Crippen molar-refractivity contribution in [3.05, 3.63) is 41.9 Å². The molecule has 7 heteroatoms. The Kier molecular flexibility index (Phi) is 6.08. The van der Waals surface area contributed by atoms with Crippen LogP contribution in [0.4, 0.5) is 11.5 Å². The number of aryl methyl sites for hydroxylation is 1. The molecule has 0 saturated heterocycles. The Balaban J connectivity index is 2.06. The Labute approximate surface area is 142 Å². The van der Waals surface area contributed by atoms with Crippen LogP contribution < -0.4 is 15.4 Å². The number of amides is 1. The smallest absolute Gasteiger partial charge is 0.274 e. The number of anilines is 2. The molecule has 24 heavy (non-hydrogen) atoms. The van der Waals surface area contributed by atoms with E-state index in [9.17, 15) is 4.79 Å². The lowest BCUT2D eigenvalue weighted by atomic mass is 10.3. The van der Waals surface area contributed by atoms with Gasteiger partial charge in [0.2, 0.25) is 0 Å². The second-order valence-electron chi connectivity index (χ2n) is 5.60. The molecule has 0 aliphatic heterocycles. The summed E-state index contributed by atoms with van der Waals surface area (Å²) in [6.45, 7) is 3.38. The van der Waals surface area contributed by atoms with E-state index in [0.717, 1.165) is 18.8 Å². The molecule has 1 aromatic heterocycles. The number of rotatable bonds is 7. The Morgan fingerprint density at radius 3 is 2.54 bits per heavy atom. The summed E-state index contributed by atoms with van der Waals surface area (Å²) in [5.74, 6) is 1.65. The number of hydrogen-bond donors (Lipinski definition) is 2. The summed E-state index contributed by atoms with van der Waals surface area (Å²) in [5.41, 5.74) is 1.00.